The van der Waals surface area contributed by atoms with Crippen LogP contribution in [-0.4, -0.2) is 0 Å². The van der Waals surface area contributed by atoms with Crippen molar-refractivity contribution in [3.05, 3.63) is 158 Å². The summed E-state index contributed by atoms with van der Waals surface area (Å²) in [4.78, 5) is 0. The molecule has 0 saturated carbocycles. The molecule has 8 rings (SSSR count). The van der Waals surface area contributed by atoms with Crippen molar-refractivity contribution in [3.63, 3.8) is 0 Å². The van der Waals surface area contributed by atoms with E-state index in [1.54, 1.807) is 0 Å². The highest BCUT2D eigenvalue weighted by atomic mass is 14.2. The van der Waals surface area contributed by atoms with Gasteiger partial charge in [0.05, 0.1) is 0 Å². The van der Waals surface area contributed by atoms with Gasteiger partial charge in [0.1, 0.15) is 0 Å². The summed E-state index contributed by atoms with van der Waals surface area (Å²) in [6.07, 6.45) is 0. The minimum Gasteiger partial charge on any atom is -0.0622 e. The van der Waals surface area contributed by atoms with Crippen LogP contribution in [0, 0.1) is 0 Å². The van der Waals surface area contributed by atoms with Crippen LogP contribution in [0.4, 0.5) is 0 Å². The highest BCUT2D eigenvalue weighted by Gasteiger charge is 2.22. The maximum atomic E-state index is 2.35. The van der Waals surface area contributed by atoms with Gasteiger partial charge in [0.25, 0.3) is 0 Å². The number of fused-ring (bicyclic) bond motifs is 3. The van der Waals surface area contributed by atoms with Crippen LogP contribution in [0.3, 0.4) is 0 Å². The van der Waals surface area contributed by atoms with Gasteiger partial charge in [-0.15, -0.1) is 0 Å². The second kappa shape index (κ2) is 9.22. The monoisotopic (exact) mass is 506 g/mol. The molecule has 0 saturated heterocycles. The lowest BCUT2D eigenvalue weighted by Gasteiger charge is -2.14. The Morgan fingerprint density at radius 1 is 0.225 bits per heavy atom. The van der Waals surface area contributed by atoms with Crippen LogP contribution < -0.4 is 0 Å². The maximum absolute atomic E-state index is 2.35. The molecule has 1 aliphatic carbocycles. The van der Waals surface area contributed by atoms with Gasteiger partial charge in [-0.3, -0.25) is 0 Å². The average Bonchev–Trinajstić information content (AvgIpc) is 3.37. The SMILES string of the molecule is c1ccc(-c2ccc(-c3cccc(-c4ccc5c6c(cccc46)-c4ccccc4-5)c3)cc2-c2ccccc2)cc1. The zero-order valence-electron chi connectivity index (χ0n) is 22.0. The molecule has 0 amide bonds. The highest BCUT2D eigenvalue weighted by molar-refractivity contribution is 6.18. The summed E-state index contributed by atoms with van der Waals surface area (Å²) >= 11 is 0. The second-order valence-electron chi connectivity index (χ2n) is 10.5. The van der Waals surface area contributed by atoms with Crippen LogP contribution in [-0.2, 0) is 0 Å². The van der Waals surface area contributed by atoms with E-state index in [4.69, 9.17) is 0 Å². The fraction of sp³-hybridized carbons (Fsp3) is 0. The first-order valence-corrected chi connectivity index (χ1v) is 13.9. The summed E-state index contributed by atoms with van der Waals surface area (Å²) in [5.74, 6) is 0. The Hall–Kier alpha value is -5.20. The van der Waals surface area contributed by atoms with Crippen LogP contribution in [0.1, 0.15) is 0 Å². The van der Waals surface area contributed by atoms with Crippen LogP contribution in [0.2, 0.25) is 0 Å². The van der Waals surface area contributed by atoms with E-state index >= 15 is 0 Å². The molecule has 0 heteroatoms. The third-order valence-electron chi connectivity index (χ3n) is 8.24. The first-order valence-electron chi connectivity index (χ1n) is 13.9. The van der Waals surface area contributed by atoms with Gasteiger partial charge in [-0.1, -0.05) is 146 Å². The molecule has 0 radical (unpaired) electrons. The molecule has 1 aliphatic rings. The molecule has 7 aromatic rings. The van der Waals surface area contributed by atoms with Gasteiger partial charge < -0.3 is 0 Å². The van der Waals surface area contributed by atoms with E-state index in [9.17, 15) is 0 Å². The van der Waals surface area contributed by atoms with Crippen molar-refractivity contribution in [1.82, 2.24) is 0 Å². The Kier molecular flexibility index (Phi) is 5.24. The van der Waals surface area contributed by atoms with Crippen molar-refractivity contribution in [1.29, 1.82) is 0 Å². The van der Waals surface area contributed by atoms with E-state index in [1.807, 2.05) is 0 Å². The third-order valence-corrected chi connectivity index (χ3v) is 8.24. The van der Waals surface area contributed by atoms with Gasteiger partial charge >= 0.3 is 0 Å². The van der Waals surface area contributed by atoms with E-state index < -0.39 is 0 Å². The third kappa shape index (κ3) is 3.61. The van der Waals surface area contributed by atoms with Crippen molar-refractivity contribution in [2.45, 2.75) is 0 Å². The Morgan fingerprint density at radius 2 is 0.725 bits per heavy atom. The molecular formula is C40H26. The molecule has 40 heavy (non-hydrogen) atoms. The summed E-state index contributed by atoms with van der Waals surface area (Å²) in [6.45, 7) is 0. The fourth-order valence-electron chi connectivity index (χ4n) is 6.38. The maximum Gasteiger partial charge on any atom is -0.00201 e. The minimum atomic E-state index is 1.22. The molecule has 0 nitrogen and oxygen atoms in total. The Balaban J connectivity index is 1.27. The van der Waals surface area contributed by atoms with Gasteiger partial charge in [0.15, 0.2) is 0 Å². The normalized spacial score (nSPS) is 11.5. The standard InChI is InChI=1S/C40H26/c1-3-11-27(12-4-1)32-22-21-30(26-39(32)28-13-5-2-6-14-28)29-15-9-16-31(25-29)33-23-24-38-35-18-8-7-17-34(35)37-20-10-19-36(33)40(37)38/h1-26H. The van der Waals surface area contributed by atoms with E-state index in [1.165, 1.54) is 77.5 Å². The minimum absolute atomic E-state index is 1.22. The van der Waals surface area contributed by atoms with Gasteiger partial charge in [-0.25, -0.2) is 0 Å². The summed E-state index contributed by atoms with van der Waals surface area (Å²) in [7, 11) is 0. The molecule has 0 aliphatic heterocycles. The van der Waals surface area contributed by atoms with Gasteiger partial charge in [0.2, 0.25) is 0 Å². The van der Waals surface area contributed by atoms with E-state index in [2.05, 4.69) is 158 Å². The van der Waals surface area contributed by atoms with Crippen LogP contribution in [0.5, 0.6) is 0 Å². The predicted molar refractivity (Wildman–Crippen MR) is 170 cm³/mol. The highest BCUT2D eigenvalue weighted by Crippen LogP contribution is 2.49. The molecular weight excluding hydrogens is 480 g/mol. The van der Waals surface area contributed by atoms with Crippen molar-refractivity contribution in [3.8, 4) is 66.8 Å². The molecule has 0 unspecified atom stereocenters. The number of hydrogen-bond acceptors (Lipinski definition) is 0. The molecule has 0 heterocycles. The van der Waals surface area contributed by atoms with Crippen molar-refractivity contribution in [2.24, 2.45) is 0 Å². The summed E-state index contributed by atoms with van der Waals surface area (Å²) in [6, 6.07) is 57.4. The van der Waals surface area contributed by atoms with E-state index in [-0.39, 0.29) is 0 Å². The number of rotatable bonds is 4. The van der Waals surface area contributed by atoms with Crippen molar-refractivity contribution >= 4 is 10.8 Å². The van der Waals surface area contributed by atoms with E-state index in [0.29, 0.717) is 0 Å². The largest absolute Gasteiger partial charge is 0.0622 e. The van der Waals surface area contributed by atoms with Crippen LogP contribution >= 0.6 is 0 Å². The Labute approximate surface area is 234 Å². The summed E-state index contributed by atoms with van der Waals surface area (Å²) in [5, 5.41) is 2.68. The number of benzene rings is 7. The lowest BCUT2D eigenvalue weighted by atomic mass is 9.89. The second-order valence-corrected chi connectivity index (χ2v) is 10.5. The molecule has 0 spiro atoms. The molecule has 7 aromatic carbocycles. The van der Waals surface area contributed by atoms with Gasteiger partial charge in [-0.05, 0) is 89.7 Å². The van der Waals surface area contributed by atoms with Crippen LogP contribution in [0.15, 0.2) is 158 Å². The lowest BCUT2D eigenvalue weighted by Crippen LogP contribution is -1.88. The summed E-state index contributed by atoms with van der Waals surface area (Å²) in [5.41, 5.74) is 15.3. The quantitative estimate of drug-likeness (QED) is 0.223. The molecule has 0 atom stereocenters. The molecule has 0 aromatic heterocycles. The predicted octanol–water partition coefficient (Wildman–Crippen LogP) is 11.2. The molecule has 0 N–H and O–H groups in total. The fourth-order valence-corrected chi connectivity index (χ4v) is 6.38. The van der Waals surface area contributed by atoms with Gasteiger partial charge in [0, 0.05) is 0 Å². The first kappa shape index (κ1) is 22.8. The smallest absolute Gasteiger partial charge is 0.00201 e. The molecule has 186 valence electrons. The summed E-state index contributed by atoms with van der Waals surface area (Å²) < 4.78 is 0. The topological polar surface area (TPSA) is 0 Å². The Morgan fingerprint density at radius 3 is 1.48 bits per heavy atom. The zero-order chi connectivity index (χ0) is 26.5. The van der Waals surface area contributed by atoms with Crippen molar-refractivity contribution in [2.75, 3.05) is 0 Å². The van der Waals surface area contributed by atoms with Gasteiger partial charge in [-0.2, -0.15) is 0 Å². The van der Waals surface area contributed by atoms with Crippen LogP contribution in [0.25, 0.3) is 77.5 Å². The molecule has 0 fully saturated rings. The Bertz CT molecular complexity index is 2000. The van der Waals surface area contributed by atoms with E-state index in [0.717, 1.165) is 0 Å². The average molecular weight is 507 g/mol. The number of hydrogen-bond donors (Lipinski definition) is 0. The zero-order valence-corrected chi connectivity index (χ0v) is 22.0. The molecule has 0 bridgehead atoms. The van der Waals surface area contributed by atoms with Crippen molar-refractivity contribution < 1.29 is 0 Å². The lowest BCUT2D eigenvalue weighted by molar-refractivity contribution is 1.56. The first-order chi connectivity index (χ1) is 19.8.